The lowest BCUT2D eigenvalue weighted by Crippen LogP contribution is -2.26. The van der Waals surface area contributed by atoms with Crippen molar-refractivity contribution >= 4 is 17.4 Å². The summed E-state index contributed by atoms with van der Waals surface area (Å²) in [6, 6.07) is 1.63. The molecule has 0 aliphatic heterocycles. The Bertz CT molecular complexity index is 773. The maximum Gasteiger partial charge on any atom is 0.420 e. The topological polar surface area (TPSA) is 81.1 Å². The zero-order valence-corrected chi connectivity index (χ0v) is 10.7. The smallest absolute Gasteiger partial charge is 0.420 e. The molecule has 0 aliphatic carbocycles. The second-order valence-electron chi connectivity index (χ2n) is 3.95. The van der Waals surface area contributed by atoms with Crippen LogP contribution in [-0.4, -0.2) is 14.9 Å². The van der Waals surface area contributed by atoms with Crippen LogP contribution in [0.1, 0.15) is 5.56 Å². The number of alkyl halides is 3. The number of phenols is 1. The van der Waals surface area contributed by atoms with Crippen molar-refractivity contribution in [3.63, 3.8) is 0 Å². The Morgan fingerprint density at radius 1 is 1.29 bits per heavy atom. The van der Waals surface area contributed by atoms with E-state index in [1.807, 2.05) is 0 Å². The van der Waals surface area contributed by atoms with Crippen LogP contribution in [0.5, 0.6) is 5.75 Å². The molecule has 0 saturated heterocycles. The molecule has 112 valence electrons. The molecule has 0 saturated carbocycles. The van der Waals surface area contributed by atoms with E-state index in [1.54, 1.807) is 0 Å². The molecule has 21 heavy (non-hydrogen) atoms. The highest BCUT2D eigenvalue weighted by Gasteiger charge is 2.35. The van der Waals surface area contributed by atoms with E-state index in [0.717, 1.165) is 6.07 Å². The van der Waals surface area contributed by atoms with Crippen LogP contribution < -0.4 is 11.3 Å². The quantitative estimate of drug-likeness (QED) is 0.789. The molecule has 0 spiro atoms. The summed E-state index contributed by atoms with van der Waals surface area (Å²) in [6.45, 7) is 0. The summed E-state index contributed by atoms with van der Waals surface area (Å²) in [6.07, 6.45) is -4.87. The summed E-state index contributed by atoms with van der Waals surface area (Å²) in [5, 5.41) is 12.3. The molecule has 0 atom stereocenters. The molecule has 0 aliphatic rings. The van der Waals surface area contributed by atoms with Crippen molar-refractivity contribution in [2.75, 3.05) is 5.73 Å². The molecule has 10 heteroatoms. The number of hydrogen-bond donors (Lipinski definition) is 2. The molecule has 1 aromatic carbocycles. The van der Waals surface area contributed by atoms with Gasteiger partial charge >= 0.3 is 6.18 Å². The molecule has 3 N–H and O–H groups in total. The Hall–Kier alpha value is -2.29. The van der Waals surface area contributed by atoms with Gasteiger partial charge < -0.3 is 10.8 Å². The first-order chi connectivity index (χ1) is 9.61. The molecule has 2 rings (SSSR count). The van der Waals surface area contributed by atoms with Gasteiger partial charge in [0.05, 0.1) is 5.02 Å². The number of nitrogens with two attached hydrogens (primary N) is 1. The Morgan fingerprint density at radius 2 is 1.90 bits per heavy atom. The average Bonchev–Trinajstić information content (AvgIpc) is 2.35. The highest BCUT2D eigenvalue weighted by molar-refractivity contribution is 6.32. The lowest BCUT2D eigenvalue weighted by molar-refractivity contribution is -0.137. The summed E-state index contributed by atoms with van der Waals surface area (Å²) in [7, 11) is 0. The van der Waals surface area contributed by atoms with Gasteiger partial charge in [-0.2, -0.15) is 17.9 Å². The lowest BCUT2D eigenvalue weighted by atomic mass is 10.2. The van der Waals surface area contributed by atoms with Gasteiger partial charge in [-0.25, -0.2) is 4.39 Å². The Balaban J connectivity index is 2.70. The third kappa shape index (κ3) is 2.77. The van der Waals surface area contributed by atoms with Crippen LogP contribution >= 0.6 is 11.6 Å². The van der Waals surface area contributed by atoms with Crippen LogP contribution in [0.15, 0.2) is 23.0 Å². The van der Waals surface area contributed by atoms with Gasteiger partial charge in [0.15, 0.2) is 11.6 Å². The number of nitrogens with zero attached hydrogens (tertiary/aromatic N) is 2. The van der Waals surface area contributed by atoms with E-state index in [9.17, 15) is 27.5 Å². The van der Waals surface area contributed by atoms with E-state index in [4.69, 9.17) is 17.3 Å². The molecular formula is C11H6ClF4N3O2. The van der Waals surface area contributed by atoms with Crippen LogP contribution in [0.3, 0.4) is 0 Å². The maximum atomic E-state index is 13.7. The molecule has 2 aromatic rings. The number of anilines is 1. The Labute approximate surface area is 119 Å². The zero-order valence-electron chi connectivity index (χ0n) is 9.95. The van der Waals surface area contributed by atoms with Gasteiger partial charge in [0.25, 0.3) is 5.56 Å². The predicted octanol–water partition coefficient (Wildman–Crippen LogP) is 2.33. The van der Waals surface area contributed by atoms with E-state index in [-0.39, 0.29) is 11.1 Å². The van der Waals surface area contributed by atoms with Gasteiger partial charge in [0.1, 0.15) is 17.0 Å². The van der Waals surface area contributed by atoms with Crippen LogP contribution in [0.4, 0.5) is 23.4 Å². The first-order valence-electron chi connectivity index (χ1n) is 5.26. The van der Waals surface area contributed by atoms with E-state index < -0.39 is 40.4 Å². The van der Waals surface area contributed by atoms with Gasteiger partial charge in [-0.15, -0.1) is 5.10 Å². The number of benzene rings is 1. The summed E-state index contributed by atoms with van der Waals surface area (Å²) < 4.78 is 51.7. The van der Waals surface area contributed by atoms with Crippen molar-refractivity contribution < 1.29 is 22.7 Å². The van der Waals surface area contributed by atoms with Gasteiger partial charge in [-0.05, 0) is 6.07 Å². The number of halogens is 5. The Morgan fingerprint density at radius 3 is 2.48 bits per heavy atom. The third-order valence-corrected chi connectivity index (χ3v) is 2.81. The fourth-order valence-corrected chi connectivity index (χ4v) is 1.71. The largest absolute Gasteiger partial charge is 0.506 e. The fraction of sp³-hybridized carbons (Fsp3) is 0.0909. The molecule has 0 bridgehead atoms. The number of hydrogen-bond acceptors (Lipinski definition) is 4. The molecule has 0 fully saturated rings. The molecule has 0 radical (unpaired) electrons. The van der Waals surface area contributed by atoms with Gasteiger partial charge in [-0.1, -0.05) is 11.6 Å². The summed E-state index contributed by atoms with van der Waals surface area (Å²) in [5.74, 6) is -2.64. The maximum absolute atomic E-state index is 13.7. The molecular weight excluding hydrogens is 318 g/mol. The second-order valence-corrected chi connectivity index (χ2v) is 4.35. The normalized spacial score (nSPS) is 11.7. The third-order valence-electron chi connectivity index (χ3n) is 2.51. The number of nitrogen functional groups attached to an aromatic ring is 1. The van der Waals surface area contributed by atoms with E-state index >= 15 is 0 Å². The number of rotatable bonds is 1. The Kier molecular flexibility index (Phi) is 3.54. The van der Waals surface area contributed by atoms with Gasteiger partial charge in [0, 0.05) is 12.1 Å². The van der Waals surface area contributed by atoms with Crippen LogP contribution in [0, 0.1) is 5.82 Å². The van der Waals surface area contributed by atoms with E-state index in [2.05, 4.69) is 5.10 Å². The molecule has 1 heterocycles. The van der Waals surface area contributed by atoms with Crippen molar-refractivity contribution in [2.45, 2.75) is 6.18 Å². The highest BCUT2D eigenvalue weighted by atomic mass is 35.5. The second kappa shape index (κ2) is 4.92. The van der Waals surface area contributed by atoms with Crippen LogP contribution in [0.2, 0.25) is 5.02 Å². The van der Waals surface area contributed by atoms with Crippen molar-refractivity contribution in [3.05, 3.63) is 45.0 Å². The molecule has 1 aromatic heterocycles. The lowest BCUT2D eigenvalue weighted by Gasteiger charge is -2.12. The molecule has 0 unspecified atom stereocenters. The summed E-state index contributed by atoms with van der Waals surface area (Å²) >= 11 is 5.46. The minimum atomic E-state index is -4.87. The SMILES string of the molecule is Nc1nn(-c2cc(O)c(Cl)cc2F)c(=O)cc1C(F)(F)F. The summed E-state index contributed by atoms with van der Waals surface area (Å²) in [5.41, 5.74) is 1.85. The van der Waals surface area contributed by atoms with Crippen LogP contribution in [0.25, 0.3) is 5.69 Å². The van der Waals surface area contributed by atoms with Crippen LogP contribution in [-0.2, 0) is 6.18 Å². The van der Waals surface area contributed by atoms with Crippen molar-refractivity contribution in [3.8, 4) is 11.4 Å². The zero-order chi connectivity index (χ0) is 15.9. The molecule has 5 nitrogen and oxygen atoms in total. The predicted molar refractivity (Wildman–Crippen MR) is 65.9 cm³/mol. The van der Waals surface area contributed by atoms with E-state index in [1.165, 1.54) is 0 Å². The number of aromatic nitrogens is 2. The minimum absolute atomic E-state index is 0.188. The van der Waals surface area contributed by atoms with Crippen molar-refractivity contribution in [1.29, 1.82) is 0 Å². The monoisotopic (exact) mass is 323 g/mol. The van der Waals surface area contributed by atoms with E-state index in [0.29, 0.717) is 10.7 Å². The highest BCUT2D eigenvalue weighted by Crippen LogP contribution is 2.32. The van der Waals surface area contributed by atoms with Crippen molar-refractivity contribution in [1.82, 2.24) is 9.78 Å². The summed E-state index contributed by atoms with van der Waals surface area (Å²) in [4.78, 5) is 11.7. The number of phenolic OH excluding ortho intramolecular Hbond substituents is 1. The molecule has 0 amide bonds. The first kappa shape index (κ1) is 15.1. The van der Waals surface area contributed by atoms with Crippen molar-refractivity contribution in [2.24, 2.45) is 0 Å². The standard InChI is InChI=1S/C11H6ClF4N3O2/c12-5-2-6(13)7(3-8(5)20)19-9(21)1-4(10(17)18-19)11(14,15)16/h1-3,20H,(H2,17,18). The van der Waals surface area contributed by atoms with Gasteiger partial charge in [0.2, 0.25) is 0 Å². The average molecular weight is 324 g/mol. The van der Waals surface area contributed by atoms with Gasteiger partial charge in [-0.3, -0.25) is 4.79 Å². The minimum Gasteiger partial charge on any atom is -0.506 e. The number of aromatic hydroxyl groups is 1. The fourth-order valence-electron chi connectivity index (χ4n) is 1.56. The first-order valence-corrected chi connectivity index (χ1v) is 5.64.